The van der Waals surface area contributed by atoms with Gasteiger partial charge in [-0.1, -0.05) is 34.1 Å². The molecule has 4 atom stereocenters. The number of unbranched alkanes of at least 4 members (excludes halogenated alkanes) is 1. The fraction of sp³-hybridized carbons (Fsp3) is 0.833. The first-order chi connectivity index (χ1) is 11.5. The Kier molecular flexibility index (Phi) is 6.33. The molecule has 7 heteroatoms. The van der Waals surface area contributed by atoms with Gasteiger partial charge in [-0.2, -0.15) is 0 Å². The quantitative estimate of drug-likeness (QED) is 0.452. The molecule has 0 amide bonds. The van der Waals surface area contributed by atoms with Crippen LogP contribution in [0.3, 0.4) is 0 Å². The third kappa shape index (κ3) is 5.05. The van der Waals surface area contributed by atoms with Gasteiger partial charge in [0.15, 0.2) is 0 Å². The van der Waals surface area contributed by atoms with Crippen molar-refractivity contribution in [1.29, 1.82) is 0 Å². The maximum absolute atomic E-state index is 10.6. The van der Waals surface area contributed by atoms with E-state index in [1.54, 1.807) is 0 Å². The van der Waals surface area contributed by atoms with Gasteiger partial charge >= 0.3 is 0 Å². The highest BCUT2D eigenvalue weighted by Gasteiger charge is 2.56. The largest absolute Gasteiger partial charge is 0.726 e. The van der Waals surface area contributed by atoms with E-state index in [4.69, 9.17) is 0 Å². The third-order valence-corrected chi connectivity index (χ3v) is 6.60. The fourth-order valence-corrected chi connectivity index (χ4v) is 4.91. The molecule has 144 valence electrons. The van der Waals surface area contributed by atoms with Gasteiger partial charge in [0.05, 0.1) is 19.7 Å². The van der Waals surface area contributed by atoms with Crippen molar-refractivity contribution >= 4 is 10.4 Å². The fourth-order valence-electron chi connectivity index (χ4n) is 4.36. The van der Waals surface area contributed by atoms with Crippen LogP contribution in [0.25, 0.3) is 0 Å². The molecule has 3 fully saturated rings. The Morgan fingerprint density at radius 2 is 2.04 bits per heavy atom. The minimum Gasteiger partial charge on any atom is -0.726 e. The van der Waals surface area contributed by atoms with Crippen LogP contribution in [0.5, 0.6) is 0 Å². The molecule has 0 radical (unpaired) electrons. The zero-order valence-electron chi connectivity index (χ0n) is 16.0. The number of nitrogens with zero attached hydrogens (tertiary/aromatic N) is 2. The Morgan fingerprint density at radius 1 is 1.36 bits per heavy atom. The average Bonchev–Trinajstić information content (AvgIpc) is 2.91. The van der Waals surface area contributed by atoms with E-state index >= 15 is 0 Å². The molecule has 1 heterocycles. The highest BCUT2D eigenvalue weighted by atomic mass is 32.3. The number of aryl methyl sites for hydroxylation is 2. The van der Waals surface area contributed by atoms with E-state index in [1.807, 2.05) is 14.0 Å². The Bertz CT molecular complexity index is 668. The number of fused-ring (bicyclic) bond motifs is 2. The Labute approximate surface area is 152 Å². The minimum absolute atomic E-state index is 0.161. The van der Waals surface area contributed by atoms with Gasteiger partial charge in [-0.15, -0.1) is 0 Å². The summed E-state index contributed by atoms with van der Waals surface area (Å²) >= 11 is 0. The van der Waals surface area contributed by atoms with E-state index in [0.717, 1.165) is 13.0 Å². The van der Waals surface area contributed by atoms with E-state index in [1.165, 1.54) is 12.8 Å². The molecule has 3 aliphatic rings. The van der Waals surface area contributed by atoms with Crippen LogP contribution in [-0.2, 0) is 28.2 Å². The molecule has 2 bridgehead atoms. The molecule has 0 aromatic carbocycles. The second-order valence-corrected chi connectivity index (χ2v) is 9.18. The number of hydrogen-bond donors (Lipinski definition) is 0. The summed E-state index contributed by atoms with van der Waals surface area (Å²) < 4.78 is 40.5. The second-order valence-electron chi connectivity index (χ2n) is 8.17. The van der Waals surface area contributed by atoms with Gasteiger partial charge in [0.25, 0.3) is 0 Å². The van der Waals surface area contributed by atoms with Crippen molar-refractivity contribution in [1.82, 2.24) is 4.57 Å². The summed E-state index contributed by atoms with van der Waals surface area (Å²) in [6.45, 7) is 9.77. The second kappa shape index (κ2) is 7.76. The number of rotatable bonds is 5. The Hall–Kier alpha value is -0.920. The third-order valence-electron chi connectivity index (χ3n) is 6.12. The summed E-state index contributed by atoms with van der Waals surface area (Å²) in [7, 11) is -2.50. The standard InChI is InChI=1S/C10H18O4S.C8H15N2/c1-6-8-4-7(10(8,2)3)5-9(6)14-15(11,12)13;1-3-4-5-10-7-6-9(2)8-10/h6-9H,4-5H2,1-3H3,(H,11,12,13);6-8H,3-5H2,1-2H3/q;+1/p-1/t6-,7+,8-,9-;/m0./s1. The molecular weight excluding hydrogens is 340 g/mol. The lowest BCUT2D eigenvalue weighted by atomic mass is 9.45. The molecule has 0 unspecified atom stereocenters. The van der Waals surface area contributed by atoms with Gasteiger partial charge in [0, 0.05) is 0 Å². The van der Waals surface area contributed by atoms with Crippen LogP contribution in [-0.4, -0.2) is 23.6 Å². The smallest absolute Gasteiger partial charge is 0.243 e. The van der Waals surface area contributed by atoms with Crippen molar-refractivity contribution in [3.63, 3.8) is 0 Å². The average molecular weight is 373 g/mol. The molecule has 25 heavy (non-hydrogen) atoms. The summed E-state index contributed by atoms with van der Waals surface area (Å²) in [5.74, 6) is 1.15. The molecule has 3 saturated carbocycles. The maximum Gasteiger partial charge on any atom is 0.243 e. The molecule has 1 aromatic rings. The number of imidazole rings is 1. The highest BCUT2D eigenvalue weighted by Crippen LogP contribution is 2.61. The molecule has 0 spiro atoms. The van der Waals surface area contributed by atoms with Crippen LogP contribution in [0, 0.1) is 23.2 Å². The maximum atomic E-state index is 10.6. The summed E-state index contributed by atoms with van der Waals surface area (Å²) in [4.78, 5) is 0. The predicted octanol–water partition coefficient (Wildman–Crippen LogP) is 2.65. The van der Waals surface area contributed by atoms with Crippen molar-refractivity contribution in [2.45, 2.75) is 66.0 Å². The van der Waals surface area contributed by atoms with E-state index in [9.17, 15) is 13.0 Å². The zero-order valence-corrected chi connectivity index (χ0v) is 16.8. The Morgan fingerprint density at radius 3 is 2.48 bits per heavy atom. The molecule has 0 N–H and O–H groups in total. The molecule has 1 aromatic heterocycles. The SMILES string of the molecule is CCCCn1cc[n+](C)c1.C[C@@H]1[C@@H](OS(=O)(=O)[O-])C[C@H]2C[C@@H]1C2(C)C. The molecule has 6 nitrogen and oxygen atoms in total. The van der Waals surface area contributed by atoms with Crippen molar-refractivity contribution in [2.24, 2.45) is 30.2 Å². The number of aromatic nitrogens is 2. The number of hydrogen-bond acceptors (Lipinski definition) is 4. The van der Waals surface area contributed by atoms with Gasteiger partial charge in [0.1, 0.15) is 12.4 Å². The lowest BCUT2D eigenvalue weighted by Crippen LogP contribution is -2.57. The lowest BCUT2D eigenvalue weighted by Gasteiger charge is -2.61. The molecule has 4 rings (SSSR count). The lowest BCUT2D eigenvalue weighted by molar-refractivity contribution is -0.671. The molecule has 0 saturated heterocycles. The van der Waals surface area contributed by atoms with Crippen molar-refractivity contribution in [2.75, 3.05) is 0 Å². The normalized spacial score (nSPS) is 30.2. The molecule has 0 aliphatic heterocycles. The summed E-state index contributed by atoms with van der Waals surface area (Å²) in [5.41, 5.74) is 0.284. The minimum atomic E-state index is -4.55. The first kappa shape index (κ1) is 20.4. The van der Waals surface area contributed by atoms with Crippen LogP contribution < -0.4 is 4.57 Å². The van der Waals surface area contributed by atoms with E-state index in [-0.39, 0.29) is 11.3 Å². The molecule has 3 aliphatic carbocycles. The van der Waals surface area contributed by atoms with Crippen LogP contribution in [0.4, 0.5) is 0 Å². The summed E-state index contributed by atoms with van der Waals surface area (Å²) in [6.07, 6.45) is 10.3. The van der Waals surface area contributed by atoms with E-state index < -0.39 is 16.5 Å². The van der Waals surface area contributed by atoms with Crippen LogP contribution in [0.2, 0.25) is 0 Å². The first-order valence-electron chi connectivity index (χ1n) is 9.19. The monoisotopic (exact) mass is 372 g/mol. The van der Waals surface area contributed by atoms with Crippen molar-refractivity contribution < 1.29 is 21.7 Å². The van der Waals surface area contributed by atoms with Gasteiger partial charge in [0.2, 0.25) is 16.7 Å². The predicted molar refractivity (Wildman–Crippen MR) is 94.2 cm³/mol. The first-order valence-corrected chi connectivity index (χ1v) is 10.5. The van der Waals surface area contributed by atoms with Gasteiger partial charge in [-0.3, -0.25) is 4.18 Å². The zero-order chi connectivity index (χ0) is 18.8. The molecular formula is C18H32N2O4S. The van der Waals surface area contributed by atoms with Crippen LogP contribution in [0.15, 0.2) is 18.7 Å². The Balaban J connectivity index is 0.000000196. The highest BCUT2D eigenvalue weighted by molar-refractivity contribution is 7.80. The van der Waals surface area contributed by atoms with Gasteiger partial charge in [-0.25, -0.2) is 17.6 Å². The van der Waals surface area contributed by atoms with E-state index in [0.29, 0.717) is 18.3 Å². The van der Waals surface area contributed by atoms with Gasteiger partial charge < -0.3 is 4.55 Å². The van der Waals surface area contributed by atoms with E-state index in [2.05, 4.69) is 52.8 Å². The van der Waals surface area contributed by atoms with Crippen LogP contribution in [0.1, 0.15) is 53.4 Å². The summed E-state index contributed by atoms with van der Waals surface area (Å²) in [6, 6.07) is 0. The summed E-state index contributed by atoms with van der Waals surface area (Å²) in [5, 5.41) is 0. The van der Waals surface area contributed by atoms with Gasteiger partial charge in [-0.05, 0) is 42.4 Å². The topological polar surface area (TPSA) is 75.2 Å². The van der Waals surface area contributed by atoms with Crippen molar-refractivity contribution in [3.05, 3.63) is 18.7 Å². The van der Waals surface area contributed by atoms with Crippen molar-refractivity contribution in [3.8, 4) is 0 Å². The van der Waals surface area contributed by atoms with Crippen LogP contribution >= 0.6 is 0 Å².